The summed E-state index contributed by atoms with van der Waals surface area (Å²) in [4.78, 5) is 27.9. The molecule has 0 radical (unpaired) electrons. The predicted molar refractivity (Wildman–Crippen MR) is 89.1 cm³/mol. The van der Waals surface area contributed by atoms with Crippen molar-refractivity contribution in [1.29, 1.82) is 0 Å². The number of ether oxygens (including phenoxy) is 2. The Bertz CT molecular complexity index is 596. The van der Waals surface area contributed by atoms with Gasteiger partial charge < -0.3 is 19.3 Å². The topological polar surface area (TPSA) is 59.1 Å². The average molecular weight is 332 g/mol. The number of fused-ring (bicyclic) bond motifs is 1. The Morgan fingerprint density at radius 1 is 1.17 bits per heavy atom. The lowest BCUT2D eigenvalue weighted by Crippen LogP contribution is -2.51. The molecule has 0 spiro atoms. The van der Waals surface area contributed by atoms with Crippen molar-refractivity contribution in [3.8, 4) is 5.75 Å². The number of para-hydroxylation sites is 1. The fourth-order valence-corrected chi connectivity index (χ4v) is 3.32. The summed E-state index contributed by atoms with van der Waals surface area (Å²) in [5, 5.41) is 0. The van der Waals surface area contributed by atoms with Gasteiger partial charge in [-0.3, -0.25) is 4.79 Å². The first-order valence-corrected chi connectivity index (χ1v) is 8.60. The largest absolute Gasteiger partial charge is 0.493 e. The van der Waals surface area contributed by atoms with E-state index in [9.17, 15) is 9.59 Å². The number of rotatable bonds is 3. The van der Waals surface area contributed by atoms with Crippen LogP contribution in [-0.2, 0) is 9.53 Å². The standard InChI is InChI=1S/C18H24N2O4/c1-2-23-18(22)20-10-8-19(9-11-20)17(21)13-14-7-12-24-16-6-4-3-5-15(14)16/h3-6,14H,2,7-13H2,1H3. The van der Waals surface area contributed by atoms with Gasteiger partial charge in [-0.05, 0) is 30.9 Å². The SMILES string of the molecule is CCOC(=O)N1CCN(C(=O)CC2CCOc3ccccc32)CC1. The Kier molecular flexibility index (Phi) is 5.23. The Hall–Kier alpha value is -2.24. The van der Waals surface area contributed by atoms with E-state index in [1.807, 2.05) is 29.2 Å². The van der Waals surface area contributed by atoms with Gasteiger partial charge in [0.1, 0.15) is 5.75 Å². The Labute approximate surface area is 142 Å². The van der Waals surface area contributed by atoms with Gasteiger partial charge in [0.05, 0.1) is 13.2 Å². The molecule has 2 heterocycles. The van der Waals surface area contributed by atoms with Crippen LogP contribution >= 0.6 is 0 Å². The highest BCUT2D eigenvalue weighted by molar-refractivity contribution is 5.78. The molecule has 2 aliphatic heterocycles. The molecule has 1 atom stereocenters. The first kappa shape index (κ1) is 16.6. The van der Waals surface area contributed by atoms with Crippen LogP contribution in [0.25, 0.3) is 0 Å². The van der Waals surface area contributed by atoms with Crippen LogP contribution in [0.5, 0.6) is 5.75 Å². The molecule has 3 rings (SSSR count). The second-order valence-corrected chi connectivity index (χ2v) is 6.14. The number of benzene rings is 1. The highest BCUT2D eigenvalue weighted by atomic mass is 16.6. The Morgan fingerprint density at radius 2 is 1.88 bits per heavy atom. The molecule has 1 aromatic rings. The number of hydrogen-bond acceptors (Lipinski definition) is 4. The zero-order valence-corrected chi connectivity index (χ0v) is 14.1. The zero-order chi connectivity index (χ0) is 16.9. The van der Waals surface area contributed by atoms with E-state index in [0.29, 0.717) is 45.8 Å². The van der Waals surface area contributed by atoms with Gasteiger partial charge in [-0.15, -0.1) is 0 Å². The van der Waals surface area contributed by atoms with Crippen LogP contribution in [0.3, 0.4) is 0 Å². The molecule has 2 aliphatic rings. The van der Waals surface area contributed by atoms with E-state index in [1.165, 1.54) is 0 Å². The molecule has 1 saturated heterocycles. The van der Waals surface area contributed by atoms with Crippen LogP contribution in [0.15, 0.2) is 24.3 Å². The number of nitrogens with zero attached hydrogens (tertiary/aromatic N) is 2. The molecule has 1 unspecified atom stereocenters. The van der Waals surface area contributed by atoms with Gasteiger partial charge in [0.25, 0.3) is 0 Å². The quantitative estimate of drug-likeness (QED) is 0.852. The average Bonchev–Trinajstić information content (AvgIpc) is 2.62. The normalized spacial score (nSPS) is 20.1. The first-order valence-electron chi connectivity index (χ1n) is 8.60. The number of hydrogen-bond donors (Lipinski definition) is 0. The number of carbonyl (C=O) groups is 2. The number of piperazine rings is 1. The summed E-state index contributed by atoms with van der Waals surface area (Å²) in [5.41, 5.74) is 1.13. The van der Waals surface area contributed by atoms with Crippen molar-refractivity contribution in [3.05, 3.63) is 29.8 Å². The second kappa shape index (κ2) is 7.55. The maximum absolute atomic E-state index is 12.6. The van der Waals surface area contributed by atoms with Gasteiger partial charge in [-0.2, -0.15) is 0 Å². The molecular formula is C18H24N2O4. The summed E-state index contributed by atoms with van der Waals surface area (Å²) in [6, 6.07) is 7.95. The van der Waals surface area contributed by atoms with Crippen molar-refractivity contribution in [3.63, 3.8) is 0 Å². The summed E-state index contributed by atoms with van der Waals surface area (Å²) in [5.74, 6) is 1.26. The van der Waals surface area contributed by atoms with E-state index >= 15 is 0 Å². The number of carbonyl (C=O) groups excluding carboxylic acids is 2. The van der Waals surface area contributed by atoms with Crippen molar-refractivity contribution in [2.75, 3.05) is 39.4 Å². The minimum atomic E-state index is -0.289. The third-order valence-corrected chi connectivity index (χ3v) is 4.66. The molecule has 0 bridgehead atoms. The van der Waals surface area contributed by atoms with Crippen molar-refractivity contribution in [2.24, 2.45) is 0 Å². The maximum atomic E-state index is 12.6. The molecule has 24 heavy (non-hydrogen) atoms. The first-order chi connectivity index (χ1) is 11.7. The fraction of sp³-hybridized carbons (Fsp3) is 0.556. The smallest absolute Gasteiger partial charge is 0.409 e. The summed E-state index contributed by atoms with van der Waals surface area (Å²) in [7, 11) is 0. The third kappa shape index (κ3) is 3.63. The van der Waals surface area contributed by atoms with Crippen molar-refractivity contribution >= 4 is 12.0 Å². The molecule has 6 heteroatoms. The summed E-state index contributed by atoms with van der Waals surface area (Å²) < 4.78 is 10.7. The molecule has 2 amide bonds. The maximum Gasteiger partial charge on any atom is 0.409 e. The van der Waals surface area contributed by atoms with Gasteiger partial charge in [0.2, 0.25) is 5.91 Å². The Balaban J connectivity index is 1.55. The van der Waals surface area contributed by atoms with E-state index in [-0.39, 0.29) is 17.9 Å². The van der Waals surface area contributed by atoms with Gasteiger partial charge >= 0.3 is 6.09 Å². The van der Waals surface area contributed by atoms with E-state index < -0.39 is 0 Å². The van der Waals surface area contributed by atoms with Crippen LogP contribution in [0.4, 0.5) is 4.79 Å². The van der Waals surface area contributed by atoms with Crippen LogP contribution in [-0.4, -0.2) is 61.2 Å². The highest BCUT2D eigenvalue weighted by Crippen LogP contribution is 2.35. The van der Waals surface area contributed by atoms with Crippen LogP contribution in [0, 0.1) is 0 Å². The van der Waals surface area contributed by atoms with Crippen molar-refractivity contribution in [2.45, 2.75) is 25.7 Å². The predicted octanol–water partition coefficient (Wildman–Crippen LogP) is 2.24. The van der Waals surface area contributed by atoms with E-state index in [2.05, 4.69) is 0 Å². The lowest BCUT2D eigenvalue weighted by molar-refractivity contribution is -0.133. The molecule has 0 aromatic heterocycles. The molecule has 0 N–H and O–H groups in total. The van der Waals surface area contributed by atoms with E-state index in [0.717, 1.165) is 17.7 Å². The zero-order valence-electron chi connectivity index (χ0n) is 14.1. The van der Waals surface area contributed by atoms with E-state index in [4.69, 9.17) is 9.47 Å². The van der Waals surface area contributed by atoms with Crippen LogP contribution < -0.4 is 4.74 Å². The van der Waals surface area contributed by atoms with Gasteiger partial charge in [-0.25, -0.2) is 4.79 Å². The minimum Gasteiger partial charge on any atom is -0.493 e. The lowest BCUT2D eigenvalue weighted by atomic mass is 9.90. The molecule has 6 nitrogen and oxygen atoms in total. The summed E-state index contributed by atoms with van der Waals surface area (Å²) in [6.45, 7) is 5.05. The van der Waals surface area contributed by atoms with Crippen molar-refractivity contribution in [1.82, 2.24) is 9.80 Å². The fourth-order valence-electron chi connectivity index (χ4n) is 3.32. The molecule has 0 aliphatic carbocycles. The summed E-state index contributed by atoms with van der Waals surface area (Å²) >= 11 is 0. The monoisotopic (exact) mass is 332 g/mol. The molecule has 1 aromatic carbocycles. The van der Waals surface area contributed by atoms with Crippen LogP contribution in [0.2, 0.25) is 0 Å². The Morgan fingerprint density at radius 3 is 2.62 bits per heavy atom. The minimum absolute atomic E-state index is 0.153. The van der Waals surface area contributed by atoms with E-state index in [1.54, 1.807) is 11.8 Å². The molecule has 1 fully saturated rings. The van der Waals surface area contributed by atoms with Crippen LogP contribution in [0.1, 0.15) is 31.2 Å². The summed E-state index contributed by atoms with van der Waals surface area (Å²) in [6.07, 6.45) is 1.08. The van der Waals surface area contributed by atoms with Gasteiger partial charge in [-0.1, -0.05) is 18.2 Å². The second-order valence-electron chi connectivity index (χ2n) is 6.14. The number of amides is 2. The highest BCUT2D eigenvalue weighted by Gasteiger charge is 2.28. The molecule has 0 saturated carbocycles. The lowest BCUT2D eigenvalue weighted by Gasteiger charge is -2.35. The van der Waals surface area contributed by atoms with Crippen molar-refractivity contribution < 1.29 is 19.1 Å². The third-order valence-electron chi connectivity index (χ3n) is 4.66. The molecular weight excluding hydrogens is 308 g/mol. The van der Waals surface area contributed by atoms with Gasteiger partial charge in [0.15, 0.2) is 0 Å². The molecule has 130 valence electrons. The van der Waals surface area contributed by atoms with Gasteiger partial charge in [0, 0.05) is 32.6 Å².